The lowest BCUT2D eigenvalue weighted by Crippen LogP contribution is -2.27. The number of fused-ring (bicyclic) bond motifs is 1. The Balaban J connectivity index is 1.85. The van der Waals surface area contributed by atoms with Gasteiger partial charge in [-0.2, -0.15) is 0 Å². The van der Waals surface area contributed by atoms with Crippen LogP contribution in [0, 0.1) is 13.8 Å². The molecule has 0 unspecified atom stereocenters. The molecule has 0 radical (unpaired) electrons. The molecule has 0 fully saturated rings. The molecule has 8 heteroatoms. The molecule has 24 heavy (non-hydrogen) atoms. The molecule has 0 spiro atoms. The Labute approximate surface area is 151 Å². The highest BCUT2D eigenvalue weighted by Crippen LogP contribution is 2.26. The zero-order valence-electron chi connectivity index (χ0n) is 12.9. The first-order valence-corrected chi connectivity index (χ1v) is 8.64. The third-order valence-corrected chi connectivity index (χ3v) is 5.53. The fourth-order valence-electron chi connectivity index (χ4n) is 2.31. The Hall–Kier alpha value is -1.89. The summed E-state index contributed by atoms with van der Waals surface area (Å²) in [7, 11) is 0. The number of rotatable bonds is 3. The van der Waals surface area contributed by atoms with E-state index in [0.29, 0.717) is 25.9 Å². The van der Waals surface area contributed by atoms with Crippen molar-refractivity contribution in [3.05, 3.63) is 55.4 Å². The number of hydrogen-bond acceptors (Lipinski definition) is 4. The van der Waals surface area contributed by atoms with Gasteiger partial charge in [-0.1, -0.05) is 23.2 Å². The average molecular weight is 382 g/mol. The molecule has 0 aliphatic carbocycles. The average Bonchev–Trinajstić information content (AvgIpc) is 2.81. The summed E-state index contributed by atoms with van der Waals surface area (Å²) in [6.07, 6.45) is 1.40. The fraction of sp³-hybridized carbons (Fsp3) is 0.188. The number of carbonyl (C=O) groups excluding carboxylic acids is 1. The second-order valence-electron chi connectivity index (χ2n) is 5.32. The molecule has 1 aromatic carbocycles. The topological polar surface area (TPSA) is 64.0 Å². The zero-order chi connectivity index (χ0) is 17.4. The molecule has 2 aromatic heterocycles. The van der Waals surface area contributed by atoms with Gasteiger partial charge in [0.15, 0.2) is 0 Å². The smallest absolute Gasteiger partial charge is 0.262 e. The Morgan fingerprint density at radius 2 is 2.04 bits per heavy atom. The molecule has 0 bridgehead atoms. The van der Waals surface area contributed by atoms with Crippen molar-refractivity contribution in [2.24, 2.45) is 0 Å². The maximum Gasteiger partial charge on any atom is 0.262 e. The molecule has 1 N–H and O–H groups in total. The SMILES string of the molecule is Cc1sc2ncn(CC(=O)Nc3ccc(Cl)c(Cl)c3)c(=O)c2c1C. The van der Waals surface area contributed by atoms with Gasteiger partial charge < -0.3 is 5.32 Å². The van der Waals surface area contributed by atoms with Gasteiger partial charge in [-0.15, -0.1) is 11.3 Å². The quantitative estimate of drug-likeness (QED) is 0.744. The van der Waals surface area contributed by atoms with E-state index in [9.17, 15) is 9.59 Å². The number of halogens is 2. The molecule has 3 rings (SSSR count). The first-order chi connectivity index (χ1) is 11.4. The van der Waals surface area contributed by atoms with E-state index in [0.717, 1.165) is 10.4 Å². The first-order valence-electron chi connectivity index (χ1n) is 7.07. The lowest BCUT2D eigenvalue weighted by molar-refractivity contribution is -0.116. The van der Waals surface area contributed by atoms with Crippen molar-refractivity contribution in [2.75, 3.05) is 5.32 Å². The lowest BCUT2D eigenvalue weighted by atomic mass is 10.2. The third kappa shape index (κ3) is 3.17. The van der Waals surface area contributed by atoms with Gasteiger partial charge >= 0.3 is 0 Å². The molecule has 2 heterocycles. The van der Waals surface area contributed by atoms with E-state index in [1.54, 1.807) is 18.2 Å². The van der Waals surface area contributed by atoms with Crippen LogP contribution >= 0.6 is 34.5 Å². The van der Waals surface area contributed by atoms with E-state index in [4.69, 9.17) is 23.2 Å². The number of aromatic nitrogens is 2. The van der Waals surface area contributed by atoms with Crippen LogP contribution in [0.15, 0.2) is 29.3 Å². The highest BCUT2D eigenvalue weighted by Gasteiger charge is 2.14. The number of benzene rings is 1. The van der Waals surface area contributed by atoms with E-state index >= 15 is 0 Å². The summed E-state index contributed by atoms with van der Waals surface area (Å²) in [6, 6.07) is 4.79. The van der Waals surface area contributed by atoms with Crippen molar-refractivity contribution >= 4 is 56.3 Å². The molecule has 0 aliphatic rings. The number of anilines is 1. The predicted molar refractivity (Wildman–Crippen MR) is 98.4 cm³/mol. The number of thiophene rings is 1. The van der Waals surface area contributed by atoms with Crippen molar-refractivity contribution in [1.29, 1.82) is 0 Å². The second-order valence-corrected chi connectivity index (χ2v) is 7.34. The van der Waals surface area contributed by atoms with Crippen molar-refractivity contribution in [3.63, 3.8) is 0 Å². The second kappa shape index (κ2) is 6.55. The number of amides is 1. The molecule has 0 atom stereocenters. The summed E-state index contributed by atoms with van der Waals surface area (Å²) in [6.45, 7) is 3.70. The van der Waals surface area contributed by atoms with E-state index in [1.807, 2.05) is 13.8 Å². The van der Waals surface area contributed by atoms with Crippen molar-refractivity contribution < 1.29 is 4.79 Å². The van der Waals surface area contributed by atoms with Gasteiger partial charge in [0.1, 0.15) is 11.4 Å². The fourth-order valence-corrected chi connectivity index (χ4v) is 3.60. The van der Waals surface area contributed by atoms with Gasteiger partial charge in [0.05, 0.1) is 21.8 Å². The van der Waals surface area contributed by atoms with Gasteiger partial charge in [-0.3, -0.25) is 14.2 Å². The number of carbonyl (C=O) groups is 1. The minimum atomic E-state index is -0.346. The van der Waals surface area contributed by atoms with Gasteiger partial charge in [0, 0.05) is 10.6 Å². The largest absolute Gasteiger partial charge is 0.324 e. The Morgan fingerprint density at radius 1 is 1.29 bits per heavy atom. The van der Waals surface area contributed by atoms with Crippen molar-refractivity contribution in [1.82, 2.24) is 9.55 Å². The van der Waals surface area contributed by atoms with Crippen LogP contribution in [0.4, 0.5) is 5.69 Å². The number of hydrogen-bond donors (Lipinski definition) is 1. The minimum Gasteiger partial charge on any atom is -0.324 e. The van der Waals surface area contributed by atoms with E-state index < -0.39 is 0 Å². The molecular weight excluding hydrogens is 369 g/mol. The van der Waals surface area contributed by atoms with Crippen LogP contribution in [0.1, 0.15) is 10.4 Å². The van der Waals surface area contributed by atoms with E-state index in [2.05, 4.69) is 10.3 Å². The van der Waals surface area contributed by atoms with E-state index in [-0.39, 0.29) is 18.0 Å². The standard InChI is InChI=1S/C16H13Cl2N3O2S/c1-8-9(2)24-15-14(8)16(23)21(7-19-15)6-13(22)20-10-3-4-11(17)12(18)5-10/h3-5,7H,6H2,1-2H3,(H,20,22). The Kier molecular flexibility index (Phi) is 4.62. The highest BCUT2D eigenvalue weighted by atomic mass is 35.5. The molecule has 1 amide bonds. The molecule has 0 saturated heterocycles. The van der Waals surface area contributed by atoms with Gasteiger partial charge in [0.25, 0.3) is 5.56 Å². The Bertz CT molecular complexity index is 1010. The molecule has 124 valence electrons. The third-order valence-electron chi connectivity index (χ3n) is 3.67. The summed E-state index contributed by atoms with van der Waals surface area (Å²) in [5.74, 6) is -0.346. The van der Waals surface area contributed by atoms with Gasteiger partial charge in [-0.05, 0) is 37.6 Å². The van der Waals surface area contributed by atoms with E-state index in [1.165, 1.54) is 22.2 Å². The van der Waals surface area contributed by atoms with Crippen LogP contribution < -0.4 is 10.9 Å². The number of nitrogens with zero attached hydrogens (tertiary/aromatic N) is 2. The molecule has 3 aromatic rings. The molecule has 0 saturated carbocycles. The van der Waals surface area contributed by atoms with Crippen LogP contribution in [0.3, 0.4) is 0 Å². The predicted octanol–water partition coefficient (Wildman–Crippen LogP) is 4.02. The monoisotopic (exact) mass is 381 g/mol. The van der Waals surface area contributed by atoms with Crippen LogP contribution in [0.5, 0.6) is 0 Å². The first kappa shape index (κ1) is 17.0. The van der Waals surface area contributed by atoms with Gasteiger partial charge in [-0.25, -0.2) is 4.98 Å². The van der Waals surface area contributed by atoms with Crippen LogP contribution in [-0.4, -0.2) is 15.5 Å². The summed E-state index contributed by atoms with van der Waals surface area (Å²) in [5, 5.41) is 4.01. The number of nitrogens with one attached hydrogen (secondary N) is 1. The maximum atomic E-state index is 12.6. The lowest BCUT2D eigenvalue weighted by Gasteiger charge is -2.08. The van der Waals surface area contributed by atoms with Gasteiger partial charge in [0.2, 0.25) is 5.91 Å². The molecule has 5 nitrogen and oxygen atoms in total. The van der Waals surface area contributed by atoms with Crippen LogP contribution in [0.2, 0.25) is 10.0 Å². The Morgan fingerprint density at radius 3 is 2.75 bits per heavy atom. The highest BCUT2D eigenvalue weighted by molar-refractivity contribution is 7.18. The summed E-state index contributed by atoms with van der Waals surface area (Å²) in [4.78, 5) is 30.8. The van der Waals surface area contributed by atoms with Crippen LogP contribution in [-0.2, 0) is 11.3 Å². The summed E-state index contributed by atoms with van der Waals surface area (Å²) >= 11 is 13.2. The molecule has 0 aliphatic heterocycles. The maximum absolute atomic E-state index is 12.6. The van der Waals surface area contributed by atoms with Crippen LogP contribution in [0.25, 0.3) is 10.2 Å². The summed E-state index contributed by atoms with van der Waals surface area (Å²) in [5.41, 5.74) is 1.21. The molecular formula is C16H13Cl2N3O2S. The van der Waals surface area contributed by atoms with Crippen molar-refractivity contribution in [3.8, 4) is 0 Å². The number of aryl methyl sites for hydroxylation is 2. The normalized spacial score (nSPS) is 11.0. The minimum absolute atomic E-state index is 0.129. The summed E-state index contributed by atoms with van der Waals surface area (Å²) < 4.78 is 1.30. The zero-order valence-corrected chi connectivity index (χ0v) is 15.2. The van der Waals surface area contributed by atoms with Crippen molar-refractivity contribution in [2.45, 2.75) is 20.4 Å².